The number of hydrogen-bond donors (Lipinski definition) is 0. The maximum absolute atomic E-state index is 14.1. The molecular weight excluding hydrogens is 599 g/mol. The molecule has 0 bridgehead atoms. The van der Waals surface area contributed by atoms with Crippen LogP contribution < -0.4 is 4.43 Å². The normalized spacial score (nSPS) is 13.2. The molecule has 0 aliphatic heterocycles. The number of thioether (sulfide) groups is 1. The molecule has 0 saturated carbocycles. The van der Waals surface area contributed by atoms with Crippen LogP contribution in [0, 0.1) is 24.4 Å². The van der Waals surface area contributed by atoms with E-state index in [2.05, 4.69) is 33.9 Å². The van der Waals surface area contributed by atoms with E-state index in [1.165, 1.54) is 23.9 Å². The second-order valence-electron chi connectivity index (χ2n) is 12.2. The van der Waals surface area contributed by atoms with Gasteiger partial charge in [0.05, 0.1) is 5.56 Å². The minimum Gasteiger partial charge on any atom is -0.543 e. The molecule has 0 aliphatic carbocycles. The van der Waals surface area contributed by atoms with Crippen molar-refractivity contribution >= 4 is 20.1 Å². The van der Waals surface area contributed by atoms with Crippen molar-refractivity contribution in [1.29, 1.82) is 0 Å². The summed E-state index contributed by atoms with van der Waals surface area (Å²) >= 11 is 1.50. The van der Waals surface area contributed by atoms with Gasteiger partial charge in [0.2, 0.25) is 8.32 Å². The van der Waals surface area contributed by atoms with Gasteiger partial charge in [-0.1, -0.05) is 57.2 Å². The molecule has 0 spiro atoms. The summed E-state index contributed by atoms with van der Waals surface area (Å²) in [4.78, 5) is 0.917. The molecule has 43 heavy (non-hydrogen) atoms. The number of hydrogen-bond acceptors (Lipinski definition) is 2. The SMILES string of the molecule is Cc1cc(SC(Cc2cc(F)c(F)c(F)c2)c2ccc(-c3ccc(C(F)(F)F)cc3)cc2)ccc1O[Si](C)(C)C(C)(C)C. The highest BCUT2D eigenvalue weighted by Crippen LogP contribution is 2.42. The summed E-state index contributed by atoms with van der Waals surface area (Å²) < 4.78 is 87.3. The van der Waals surface area contributed by atoms with Crippen LogP contribution in [0.25, 0.3) is 11.1 Å². The zero-order chi connectivity index (χ0) is 31.7. The maximum atomic E-state index is 14.1. The van der Waals surface area contributed by atoms with Crippen LogP contribution in [0.1, 0.15) is 48.3 Å². The van der Waals surface area contributed by atoms with Crippen LogP contribution in [-0.4, -0.2) is 8.32 Å². The molecule has 0 aromatic heterocycles. The van der Waals surface area contributed by atoms with E-state index < -0.39 is 37.5 Å². The van der Waals surface area contributed by atoms with E-state index in [0.717, 1.165) is 51.6 Å². The van der Waals surface area contributed by atoms with Gasteiger partial charge in [0.15, 0.2) is 17.5 Å². The Balaban J connectivity index is 1.64. The molecule has 0 radical (unpaired) electrons. The van der Waals surface area contributed by atoms with E-state index in [1.54, 1.807) is 12.1 Å². The quantitative estimate of drug-likeness (QED) is 0.0827. The van der Waals surface area contributed by atoms with Crippen molar-refractivity contribution in [3.8, 4) is 16.9 Å². The molecule has 0 heterocycles. The van der Waals surface area contributed by atoms with Crippen molar-refractivity contribution in [3.63, 3.8) is 0 Å². The molecule has 4 aromatic carbocycles. The number of halogens is 6. The van der Waals surface area contributed by atoms with E-state index in [-0.39, 0.29) is 16.7 Å². The topological polar surface area (TPSA) is 9.23 Å². The lowest BCUT2D eigenvalue weighted by Crippen LogP contribution is -2.44. The van der Waals surface area contributed by atoms with E-state index in [0.29, 0.717) is 11.1 Å². The largest absolute Gasteiger partial charge is 0.543 e. The lowest BCUT2D eigenvalue weighted by atomic mass is 9.99. The highest BCUT2D eigenvalue weighted by Gasteiger charge is 2.39. The summed E-state index contributed by atoms with van der Waals surface area (Å²) in [5.41, 5.74) is 2.73. The first-order valence-electron chi connectivity index (χ1n) is 13.8. The van der Waals surface area contributed by atoms with Gasteiger partial charge in [0.1, 0.15) is 5.75 Å². The average molecular weight is 633 g/mol. The summed E-state index contributed by atoms with van der Waals surface area (Å²) in [6.07, 6.45) is -4.21. The summed E-state index contributed by atoms with van der Waals surface area (Å²) in [6, 6.07) is 20.2. The number of aryl methyl sites for hydroxylation is 1. The van der Waals surface area contributed by atoms with Crippen LogP contribution in [0.4, 0.5) is 26.3 Å². The van der Waals surface area contributed by atoms with Crippen LogP contribution in [0.3, 0.4) is 0 Å². The Morgan fingerprint density at radius 3 is 1.79 bits per heavy atom. The van der Waals surface area contributed by atoms with E-state index in [4.69, 9.17) is 4.43 Å². The molecule has 0 saturated heterocycles. The van der Waals surface area contributed by atoms with Gasteiger partial charge < -0.3 is 4.43 Å². The average Bonchev–Trinajstić information content (AvgIpc) is 2.92. The van der Waals surface area contributed by atoms with Crippen LogP contribution >= 0.6 is 11.8 Å². The van der Waals surface area contributed by atoms with Crippen LogP contribution in [-0.2, 0) is 12.6 Å². The molecule has 4 aromatic rings. The Hall–Kier alpha value is -3.17. The van der Waals surface area contributed by atoms with Crippen molar-refractivity contribution in [2.75, 3.05) is 0 Å². The summed E-state index contributed by atoms with van der Waals surface area (Å²) in [5, 5.41) is -0.276. The first kappa shape index (κ1) is 32.7. The van der Waals surface area contributed by atoms with Gasteiger partial charge >= 0.3 is 6.18 Å². The summed E-state index contributed by atoms with van der Waals surface area (Å²) in [6.45, 7) is 12.9. The Morgan fingerprint density at radius 2 is 1.30 bits per heavy atom. The van der Waals surface area contributed by atoms with E-state index in [9.17, 15) is 26.3 Å². The first-order chi connectivity index (χ1) is 19.9. The van der Waals surface area contributed by atoms with Crippen LogP contribution in [0.5, 0.6) is 5.75 Å². The molecule has 0 amide bonds. The minimum absolute atomic E-state index is 0.0319. The van der Waals surface area contributed by atoms with Crippen molar-refractivity contribution in [2.45, 2.75) is 68.6 Å². The van der Waals surface area contributed by atoms with Gasteiger partial charge in [0.25, 0.3) is 0 Å². The van der Waals surface area contributed by atoms with E-state index in [1.807, 2.05) is 37.3 Å². The Labute approximate surface area is 254 Å². The molecule has 1 nitrogen and oxygen atoms in total. The summed E-state index contributed by atoms with van der Waals surface area (Å²) in [7, 11) is -2.06. The van der Waals surface area contributed by atoms with Gasteiger partial charge in [-0.15, -0.1) is 11.8 Å². The number of alkyl halides is 3. The van der Waals surface area contributed by atoms with Crippen LogP contribution in [0.15, 0.2) is 83.8 Å². The third-order valence-electron chi connectivity index (χ3n) is 7.89. The monoisotopic (exact) mass is 632 g/mol. The molecule has 1 unspecified atom stereocenters. The fourth-order valence-electron chi connectivity index (χ4n) is 4.31. The Morgan fingerprint density at radius 1 is 0.767 bits per heavy atom. The van der Waals surface area contributed by atoms with Crippen molar-refractivity contribution in [1.82, 2.24) is 0 Å². The van der Waals surface area contributed by atoms with E-state index >= 15 is 0 Å². The van der Waals surface area contributed by atoms with Crippen molar-refractivity contribution < 1.29 is 30.8 Å². The summed E-state index contributed by atoms with van der Waals surface area (Å²) in [5.74, 6) is -3.20. The zero-order valence-electron chi connectivity index (χ0n) is 24.9. The van der Waals surface area contributed by atoms with Crippen LogP contribution in [0.2, 0.25) is 18.1 Å². The molecule has 4 rings (SSSR count). The van der Waals surface area contributed by atoms with Gasteiger partial charge in [-0.05, 0) is 102 Å². The van der Waals surface area contributed by atoms with Crippen molar-refractivity contribution in [2.24, 2.45) is 0 Å². The second kappa shape index (κ2) is 12.4. The van der Waals surface area contributed by atoms with Crippen molar-refractivity contribution in [3.05, 3.63) is 119 Å². The second-order valence-corrected chi connectivity index (χ2v) is 18.2. The third kappa shape index (κ3) is 7.86. The van der Waals surface area contributed by atoms with Gasteiger partial charge in [-0.2, -0.15) is 13.2 Å². The smallest absolute Gasteiger partial charge is 0.416 e. The minimum atomic E-state index is -4.42. The highest BCUT2D eigenvalue weighted by molar-refractivity contribution is 7.99. The maximum Gasteiger partial charge on any atom is 0.416 e. The fraction of sp³-hybridized carbons (Fsp3) is 0.294. The molecular formula is C34H34F6OSSi. The lowest BCUT2D eigenvalue weighted by molar-refractivity contribution is -0.137. The number of rotatable bonds is 8. The molecule has 228 valence electrons. The molecule has 9 heteroatoms. The van der Waals surface area contributed by atoms with Gasteiger partial charge in [0, 0.05) is 10.1 Å². The molecule has 0 aliphatic rings. The molecule has 0 N–H and O–H groups in total. The third-order valence-corrected chi connectivity index (χ3v) is 13.5. The zero-order valence-corrected chi connectivity index (χ0v) is 26.7. The predicted molar refractivity (Wildman–Crippen MR) is 165 cm³/mol. The highest BCUT2D eigenvalue weighted by atomic mass is 32.2. The fourth-order valence-corrected chi connectivity index (χ4v) is 6.69. The lowest BCUT2D eigenvalue weighted by Gasteiger charge is -2.37. The first-order valence-corrected chi connectivity index (χ1v) is 17.6. The van der Waals surface area contributed by atoms with Gasteiger partial charge in [-0.25, -0.2) is 13.2 Å². The Bertz CT molecular complexity index is 1550. The molecule has 0 fully saturated rings. The predicted octanol–water partition coefficient (Wildman–Crippen LogP) is 11.6. The molecule has 1 atom stereocenters. The number of benzene rings is 4. The Kier molecular flexibility index (Phi) is 9.47. The standard InChI is InChI=1S/C34H34F6OSSi/c1-21-17-27(15-16-30(21)41-43(5,6)33(2,3)4)42-31(20-22-18-28(35)32(37)29(36)19-22)25-9-7-23(8-10-25)24-11-13-26(14-12-24)34(38,39)40/h7-19,31H,20H2,1-6H3. The van der Waals surface area contributed by atoms with Gasteiger partial charge in [-0.3, -0.25) is 0 Å².